The van der Waals surface area contributed by atoms with E-state index in [4.69, 9.17) is 0 Å². The minimum absolute atomic E-state index is 0.0814. The molecule has 128 valence electrons. The van der Waals surface area contributed by atoms with Gasteiger partial charge in [0, 0.05) is 25.2 Å². The second kappa shape index (κ2) is 6.16. The number of likely N-dealkylation sites (tertiary alicyclic amines) is 1. The number of carbonyl (C=O) groups is 1. The van der Waals surface area contributed by atoms with Crippen molar-refractivity contribution in [2.75, 3.05) is 13.1 Å². The summed E-state index contributed by atoms with van der Waals surface area (Å²) in [5.41, 5.74) is 0.0715. The van der Waals surface area contributed by atoms with E-state index in [9.17, 15) is 9.90 Å². The summed E-state index contributed by atoms with van der Waals surface area (Å²) in [7, 11) is 0. The second-order valence-corrected chi connectivity index (χ2v) is 7.27. The van der Waals surface area contributed by atoms with Crippen LogP contribution in [0.3, 0.4) is 0 Å². The highest BCUT2D eigenvalue weighted by molar-refractivity contribution is 5.77. The molecule has 0 radical (unpaired) electrons. The Morgan fingerprint density at radius 2 is 2.08 bits per heavy atom. The fraction of sp³-hybridized carbons (Fsp3) is 0.611. The van der Waals surface area contributed by atoms with Crippen LogP contribution in [-0.4, -0.2) is 49.2 Å². The highest BCUT2D eigenvalue weighted by atomic mass is 16.3. The normalized spacial score (nSPS) is 23.7. The van der Waals surface area contributed by atoms with Crippen molar-refractivity contribution in [3.8, 4) is 0 Å². The first kappa shape index (κ1) is 15.6. The molecule has 6 heteroatoms. The van der Waals surface area contributed by atoms with Gasteiger partial charge in [-0.25, -0.2) is 0 Å². The number of pyridine rings is 1. The summed E-state index contributed by atoms with van der Waals surface area (Å²) >= 11 is 0. The number of hydrogen-bond acceptors (Lipinski definition) is 4. The number of rotatable bonds is 3. The smallest absolute Gasteiger partial charge is 0.225 e. The molecule has 6 nitrogen and oxygen atoms in total. The molecule has 0 spiro atoms. The molecule has 1 saturated heterocycles. The maximum atomic E-state index is 12.7. The fourth-order valence-corrected chi connectivity index (χ4v) is 4.16. The van der Waals surface area contributed by atoms with E-state index >= 15 is 0 Å². The van der Waals surface area contributed by atoms with Crippen LogP contribution in [0.2, 0.25) is 0 Å². The maximum Gasteiger partial charge on any atom is 0.225 e. The Bertz CT molecular complexity index is 735. The lowest BCUT2D eigenvalue weighted by Crippen LogP contribution is -2.43. The van der Waals surface area contributed by atoms with E-state index in [0.29, 0.717) is 6.54 Å². The van der Waals surface area contributed by atoms with Crippen LogP contribution in [-0.2, 0) is 4.79 Å². The van der Waals surface area contributed by atoms with Gasteiger partial charge in [-0.3, -0.25) is 9.20 Å². The van der Waals surface area contributed by atoms with Gasteiger partial charge < -0.3 is 10.0 Å². The molecule has 4 rings (SSSR count). The lowest BCUT2D eigenvalue weighted by Gasteiger charge is -2.34. The van der Waals surface area contributed by atoms with Gasteiger partial charge in [0.05, 0.1) is 12.0 Å². The second-order valence-electron chi connectivity index (χ2n) is 7.27. The molecule has 2 fully saturated rings. The Balaban J connectivity index is 1.48. The number of hydrogen-bond donors (Lipinski definition) is 1. The molecule has 2 aliphatic rings. The summed E-state index contributed by atoms with van der Waals surface area (Å²) in [5, 5.41) is 19.1. The van der Waals surface area contributed by atoms with E-state index in [2.05, 4.69) is 10.2 Å². The molecule has 1 unspecified atom stereocenters. The van der Waals surface area contributed by atoms with Crippen molar-refractivity contribution in [2.24, 2.45) is 0 Å². The summed E-state index contributed by atoms with van der Waals surface area (Å²) in [6.45, 7) is 1.45. The van der Waals surface area contributed by atoms with Crippen molar-refractivity contribution < 1.29 is 9.90 Å². The lowest BCUT2D eigenvalue weighted by molar-refractivity contribution is -0.137. The Morgan fingerprint density at radius 3 is 2.92 bits per heavy atom. The van der Waals surface area contributed by atoms with Crippen molar-refractivity contribution in [1.29, 1.82) is 0 Å². The van der Waals surface area contributed by atoms with Crippen LogP contribution in [0.4, 0.5) is 0 Å². The van der Waals surface area contributed by atoms with E-state index in [1.165, 1.54) is 0 Å². The van der Waals surface area contributed by atoms with E-state index in [-0.39, 0.29) is 18.2 Å². The van der Waals surface area contributed by atoms with Gasteiger partial charge in [-0.05, 0) is 37.8 Å². The third-order valence-electron chi connectivity index (χ3n) is 5.49. The molecule has 1 amide bonds. The van der Waals surface area contributed by atoms with Crippen LogP contribution >= 0.6 is 0 Å². The number of fused-ring (bicyclic) bond motifs is 1. The van der Waals surface area contributed by atoms with E-state index in [1.54, 1.807) is 0 Å². The number of amides is 1. The molecule has 1 saturated carbocycles. The summed E-state index contributed by atoms with van der Waals surface area (Å²) in [4.78, 5) is 14.6. The molecule has 3 heterocycles. The lowest BCUT2D eigenvalue weighted by atomic mass is 9.94. The van der Waals surface area contributed by atoms with Gasteiger partial charge in [-0.2, -0.15) is 0 Å². The molecule has 1 aliphatic carbocycles. The highest BCUT2D eigenvalue weighted by Gasteiger charge is 2.36. The maximum absolute atomic E-state index is 12.7. The number of nitrogens with zero attached hydrogens (tertiary/aromatic N) is 4. The van der Waals surface area contributed by atoms with Crippen molar-refractivity contribution in [3.05, 3.63) is 30.2 Å². The number of carbonyl (C=O) groups excluding carboxylic acids is 1. The number of aliphatic hydroxyl groups is 1. The molecular weight excluding hydrogens is 304 g/mol. The highest BCUT2D eigenvalue weighted by Crippen LogP contribution is 2.34. The zero-order chi connectivity index (χ0) is 16.6. The van der Waals surface area contributed by atoms with Crippen molar-refractivity contribution in [1.82, 2.24) is 19.5 Å². The summed E-state index contributed by atoms with van der Waals surface area (Å²) in [6, 6.07) is 5.87. The molecular formula is C18H24N4O2. The predicted octanol–water partition coefficient (Wildman–Crippen LogP) is 2.13. The van der Waals surface area contributed by atoms with Gasteiger partial charge in [0.25, 0.3) is 0 Å². The van der Waals surface area contributed by atoms with Gasteiger partial charge >= 0.3 is 0 Å². The molecule has 2 aromatic heterocycles. The molecule has 0 aromatic carbocycles. The van der Waals surface area contributed by atoms with Crippen LogP contribution in [0.15, 0.2) is 24.4 Å². The zero-order valence-electron chi connectivity index (χ0n) is 13.9. The molecule has 1 N–H and O–H groups in total. The number of piperidine rings is 1. The average molecular weight is 328 g/mol. The Morgan fingerprint density at radius 1 is 1.25 bits per heavy atom. The fourth-order valence-electron chi connectivity index (χ4n) is 4.16. The predicted molar refractivity (Wildman–Crippen MR) is 89.6 cm³/mol. The van der Waals surface area contributed by atoms with Crippen LogP contribution in [0.25, 0.3) is 5.65 Å². The van der Waals surface area contributed by atoms with Crippen LogP contribution in [0.1, 0.15) is 56.7 Å². The van der Waals surface area contributed by atoms with Gasteiger partial charge in [-0.15, -0.1) is 10.2 Å². The van der Waals surface area contributed by atoms with Crippen LogP contribution < -0.4 is 0 Å². The van der Waals surface area contributed by atoms with Crippen LogP contribution in [0, 0.1) is 0 Å². The standard InChI is InChI=1S/C18H24N4O2/c23-16(12-18(24)8-2-3-9-18)21-10-5-6-14(13-21)17-20-19-15-7-1-4-11-22(15)17/h1,4,7,11,14,24H,2-3,5-6,8-10,12-13H2. The summed E-state index contributed by atoms with van der Waals surface area (Å²) in [5.74, 6) is 1.22. The van der Waals surface area contributed by atoms with E-state index < -0.39 is 5.60 Å². The minimum atomic E-state index is -0.772. The topological polar surface area (TPSA) is 70.7 Å². The Kier molecular flexibility index (Phi) is 4.00. The van der Waals surface area contributed by atoms with Crippen molar-refractivity contribution in [3.63, 3.8) is 0 Å². The largest absolute Gasteiger partial charge is 0.389 e. The molecule has 1 atom stereocenters. The first-order chi connectivity index (χ1) is 11.6. The van der Waals surface area contributed by atoms with Gasteiger partial charge in [0.2, 0.25) is 5.91 Å². The third kappa shape index (κ3) is 2.90. The first-order valence-corrected chi connectivity index (χ1v) is 8.94. The minimum Gasteiger partial charge on any atom is -0.389 e. The van der Waals surface area contributed by atoms with Gasteiger partial charge in [0.1, 0.15) is 5.82 Å². The van der Waals surface area contributed by atoms with Crippen molar-refractivity contribution in [2.45, 2.75) is 56.5 Å². The zero-order valence-corrected chi connectivity index (χ0v) is 13.9. The van der Waals surface area contributed by atoms with Crippen LogP contribution in [0.5, 0.6) is 0 Å². The SMILES string of the molecule is O=C(CC1(O)CCCC1)N1CCCC(c2nnc3ccccn23)C1. The Hall–Kier alpha value is -1.95. The Labute approximate surface area is 141 Å². The van der Waals surface area contributed by atoms with Gasteiger partial charge in [-0.1, -0.05) is 18.9 Å². The first-order valence-electron chi connectivity index (χ1n) is 8.94. The molecule has 0 bridgehead atoms. The van der Waals surface area contributed by atoms with E-state index in [0.717, 1.165) is 56.5 Å². The third-order valence-corrected chi connectivity index (χ3v) is 5.49. The van der Waals surface area contributed by atoms with Crippen molar-refractivity contribution >= 4 is 11.6 Å². The van der Waals surface area contributed by atoms with E-state index in [1.807, 2.05) is 33.7 Å². The average Bonchev–Trinajstić information content (AvgIpc) is 3.21. The number of aromatic nitrogens is 3. The summed E-state index contributed by atoms with van der Waals surface area (Å²) in [6.07, 6.45) is 7.79. The molecule has 1 aliphatic heterocycles. The monoisotopic (exact) mass is 328 g/mol. The molecule has 24 heavy (non-hydrogen) atoms. The van der Waals surface area contributed by atoms with Gasteiger partial charge in [0.15, 0.2) is 5.65 Å². The summed E-state index contributed by atoms with van der Waals surface area (Å²) < 4.78 is 2.02. The quantitative estimate of drug-likeness (QED) is 0.937. The molecule has 2 aromatic rings.